The molecule has 1 heterocycles. The van der Waals surface area contributed by atoms with Gasteiger partial charge in [-0.15, -0.1) is 4.91 Å². The van der Waals surface area contributed by atoms with Crippen molar-refractivity contribution in [3.8, 4) is 39.6 Å². The number of aromatic hydroxyl groups is 3. The maximum Gasteiger partial charge on any atom is 0.206 e. The van der Waals surface area contributed by atoms with E-state index in [9.17, 15) is 41.1 Å². The summed E-state index contributed by atoms with van der Waals surface area (Å²) in [6.07, 6.45) is 0. The molecule has 0 aliphatic heterocycles. The number of benzene rings is 2. The van der Waals surface area contributed by atoms with Crippen LogP contribution >= 0.6 is 0 Å². The predicted molar refractivity (Wildman–Crippen MR) is 93.7 cm³/mol. The van der Waals surface area contributed by atoms with E-state index in [1.54, 1.807) is 0 Å². The summed E-state index contributed by atoms with van der Waals surface area (Å²) >= 11 is 0. The highest BCUT2D eigenvalue weighted by molar-refractivity contribution is 5.94. The van der Waals surface area contributed by atoms with E-state index in [0.717, 1.165) is 24.3 Å². The highest BCUT2D eigenvalue weighted by Crippen LogP contribution is 2.46. The van der Waals surface area contributed by atoms with Crippen molar-refractivity contribution in [1.29, 1.82) is 0 Å². The van der Waals surface area contributed by atoms with Crippen LogP contribution in [0.25, 0.3) is 22.3 Å². The highest BCUT2D eigenvalue weighted by atomic mass is 16.8. The number of rotatable bonds is 5. The van der Waals surface area contributed by atoms with Gasteiger partial charge in [-0.05, 0) is 28.4 Å². The first-order chi connectivity index (χ1) is 13.2. The van der Waals surface area contributed by atoms with Gasteiger partial charge in [0.1, 0.15) is 0 Å². The van der Waals surface area contributed by atoms with Crippen LogP contribution in [0.1, 0.15) is 0 Å². The van der Waals surface area contributed by atoms with E-state index in [1.165, 1.54) is 12.1 Å². The van der Waals surface area contributed by atoms with Crippen molar-refractivity contribution >= 4 is 17.2 Å². The predicted octanol–water partition coefficient (Wildman–Crippen LogP) is 0.670. The topological polar surface area (TPSA) is 201 Å². The number of hydrogen-bond acceptors (Lipinski definition) is 9. The minimum absolute atomic E-state index is 0.00275. The first-order valence-electron chi connectivity index (χ1n) is 7.66. The highest BCUT2D eigenvalue weighted by Gasteiger charge is 2.24. The first kappa shape index (κ1) is 19.2. The molecule has 146 valence electrons. The fraction of sp³-hybridized carbons (Fsp3) is 0. The Bertz CT molecular complexity index is 1050. The first-order valence-corrected chi connectivity index (χ1v) is 7.66. The molecule has 12 nitrogen and oxygen atoms in total. The van der Waals surface area contributed by atoms with E-state index >= 15 is 0 Å². The number of hydrogen-bond donors (Lipinski definition) is 8. The lowest BCUT2D eigenvalue weighted by atomic mass is 9.96. The molecule has 2 atom stereocenters. The van der Waals surface area contributed by atoms with Gasteiger partial charge in [-0.25, -0.2) is 10.4 Å². The molecular weight excluding hydrogens is 376 g/mol. The van der Waals surface area contributed by atoms with Gasteiger partial charge < -0.3 is 30.7 Å². The number of quaternary nitrogens is 2. The van der Waals surface area contributed by atoms with Crippen LogP contribution in [0.5, 0.6) is 17.4 Å². The Morgan fingerprint density at radius 2 is 1.29 bits per heavy atom. The molecule has 2 unspecified atom stereocenters. The number of nitrogens with one attached hydrogen (secondary N) is 3. The molecule has 8 N–H and O–H groups in total. The molecule has 3 aromatic rings. The molecule has 28 heavy (non-hydrogen) atoms. The Morgan fingerprint density at radius 1 is 0.821 bits per heavy atom. The van der Waals surface area contributed by atoms with Gasteiger partial charge >= 0.3 is 0 Å². The standard InChI is InChI=1S/C16H14N4O8/c21-11-3-1-7(5-9(11)19(25)26)13-14(16(23)17-15(13)18-24)8-2-4-12(22)10(6-8)20(27)28/h1-6,17,19-23,25,27H. The average Bonchev–Trinajstić information content (AvgIpc) is 2.98. The third-order valence-corrected chi connectivity index (χ3v) is 4.08. The summed E-state index contributed by atoms with van der Waals surface area (Å²) in [6.45, 7) is 0. The van der Waals surface area contributed by atoms with E-state index in [1.807, 2.05) is 0 Å². The van der Waals surface area contributed by atoms with Crippen LogP contribution < -0.4 is 10.5 Å². The summed E-state index contributed by atoms with van der Waals surface area (Å²) in [5, 5.41) is 70.5. The number of phenolic OH excluding ortho intramolecular Hbond substituents is 2. The molecule has 0 spiro atoms. The van der Waals surface area contributed by atoms with Gasteiger partial charge in [-0.2, -0.15) is 10.5 Å². The minimum atomic E-state index is -1.42. The van der Waals surface area contributed by atoms with Crippen LogP contribution in [-0.4, -0.2) is 30.7 Å². The monoisotopic (exact) mass is 390 g/mol. The lowest BCUT2D eigenvalue weighted by Gasteiger charge is -2.15. The second-order valence-corrected chi connectivity index (χ2v) is 5.74. The van der Waals surface area contributed by atoms with E-state index in [4.69, 9.17) is 0 Å². The Hall–Kier alpha value is -3.52. The molecule has 0 amide bonds. The maximum absolute atomic E-state index is 11.3. The summed E-state index contributed by atoms with van der Waals surface area (Å²) in [4.78, 5) is 13.6. The van der Waals surface area contributed by atoms with Gasteiger partial charge in [-0.1, -0.05) is 12.1 Å². The molecule has 12 heteroatoms. The van der Waals surface area contributed by atoms with E-state index in [0.29, 0.717) is 0 Å². The third kappa shape index (κ3) is 3.25. The number of aromatic nitrogens is 1. The van der Waals surface area contributed by atoms with E-state index in [-0.39, 0.29) is 28.1 Å². The van der Waals surface area contributed by atoms with Gasteiger partial charge in [0.2, 0.25) is 11.4 Å². The van der Waals surface area contributed by atoms with Crippen LogP contribution in [0.3, 0.4) is 0 Å². The van der Waals surface area contributed by atoms with E-state index in [2.05, 4.69) is 10.2 Å². The zero-order valence-electron chi connectivity index (χ0n) is 13.9. The molecule has 0 fully saturated rings. The number of H-pyrrole nitrogens is 1. The Labute approximate surface area is 155 Å². The summed E-state index contributed by atoms with van der Waals surface area (Å²) in [6, 6.07) is 6.97. The van der Waals surface area contributed by atoms with Gasteiger partial charge in [0.05, 0.1) is 5.56 Å². The Morgan fingerprint density at radius 3 is 1.71 bits per heavy atom. The normalized spacial score (nSPS) is 13.3. The van der Waals surface area contributed by atoms with Crippen molar-refractivity contribution in [3.05, 3.63) is 51.7 Å². The lowest BCUT2D eigenvalue weighted by Crippen LogP contribution is -2.99. The fourth-order valence-corrected chi connectivity index (χ4v) is 2.83. The average molecular weight is 390 g/mol. The minimum Gasteiger partial charge on any atom is -0.595 e. The molecule has 3 rings (SSSR count). The van der Waals surface area contributed by atoms with Crippen molar-refractivity contribution in [2.45, 2.75) is 0 Å². The van der Waals surface area contributed by atoms with Gasteiger partial charge in [0, 0.05) is 17.7 Å². The quantitative estimate of drug-likeness (QED) is 0.176. The fourth-order valence-electron chi connectivity index (χ4n) is 2.83. The van der Waals surface area contributed by atoms with Crippen LogP contribution in [0.15, 0.2) is 41.6 Å². The molecular formula is C16H14N4O8. The lowest BCUT2D eigenvalue weighted by molar-refractivity contribution is -0.991. The molecule has 1 aromatic heterocycles. The molecule has 0 radical (unpaired) electrons. The van der Waals surface area contributed by atoms with Crippen LogP contribution in [0, 0.1) is 15.3 Å². The second-order valence-electron chi connectivity index (χ2n) is 5.74. The smallest absolute Gasteiger partial charge is 0.206 e. The summed E-state index contributed by atoms with van der Waals surface area (Å²) < 4.78 is 0. The second kappa shape index (κ2) is 7.24. The largest absolute Gasteiger partial charge is 0.595 e. The van der Waals surface area contributed by atoms with Crippen LogP contribution in [0.4, 0.5) is 17.2 Å². The number of nitroso groups, excluding NO2 is 1. The number of aromatic amines is 1. The summed E-state index contributed by atoms with van der Waals surface area (Å²) in [5.41, 5.74) is -0.671. The number of phenols is 2. The molecule has 0 saturated heterocycles. The Balaban J connectivity index is 2.29. The van der Waals surface area contributed by atoms with Crippen molar-refractivity contribution in [3.63, 3.8) is 0 Å². The van der Waals surface area contributed by atoms with Crippen molar-refractivity contribution in [2.75, 3.05) is 0 Å². The Kier molecular flexibility index (Phi) is 4.98. The molecule has 0 saturated carbocycles. The van der Waals surface area contributed by atoms with Crippen LogP contribution in [-0.2, 0) is 0 Å². The summed E-state index contributed by atoms with van der Waals surface area (Å²) in [7, 11) is 0. The van der Waals surface area contributed by atoms with Crippen molar-refractivity contribution < 1.29 is 36.2 Å². The van der Waals surface area contributed by atoms with Gasteiger partial charge in [0.25, 0.3) is 0 Å². The van der Waals surface area contributed by atoms with Crippen molar-refractivity contribution in [2.24, 2.45) is 5.18 Å². The molecule has 0 aliphatic carbocycles. The van der Waals surface area contributed by atoms with Gasteiger partial charge in [0.15, 0.2) is 23.2 Å². The van der Waals surface area contributed by atoms with E-state index < -0.39 is 39.2 Å². The van der Waals surface area contributed by atoms with Crippen LogP contribution in [0.2, 0.25) is 0 Å². The summed E-state index contributed by atoms with van der Waals surface area (Å²) in [5.74, 6) is -1.86. The molecule has 2 aromatic carbocycles. The maximum atomic E-state index is 11.3. The SMILES string of the molecule is O=Nc1[nH]c(O)c(-c2ccc(O)c([NH+]([O-])O)c2)c1-c1ccc(O)c([NH+]([O-])O)c1. The van der Waals surface area contributed by atoms with Gasteiger partial charge in [-0.3, -0.25) is 0 Å². The zero-order valence-corrected chi connectivity index (χ0v) is 13.9. The number of nitrogens with zero attached hydrogens (tertiary/aromatic N) is 1. The van der Waals surface area contributed by atoms with Crippen molar-refractivity contribution in [1.82, 2.24) is 4.98 Å². The molecule has 0 aliphatic rings. The molecule has 0 bridgehead atoms. The third-order valence-electron chi connectivity index (χ3n) is 4.08. The zero-order chi connectivity index (χ0) is 20.6.